The molecule has 0 aromatic heterocycles. The van der Waals surface area contributed by atoms with Gasteiger partial charge in [-0.1, -0.05) is 252 Å². The summed E-state index contributed by atoms with van der Waals surface area (Å²) in [5, 5.41) is 31.2. The molecule has 386 valence electrons. The molecule has 0 bridgehead atoms. The largest absolute Gasteiger partial charge is 0.502 e. The van der Waals surface area contributed by atoms with Crippen LogP contribution < -0.4 is 0 Å². The molecular weight excluding hydrogens is 829 g/mol. The van der Waals surface area contributed by atoms with Gasteiger partial charge in [0, 0.05) is 0 Å². The predicted molar refractivity (Wildman–Crippen MR) is 275 cm³/mol. The van der Waals surface area contributed by atoms with Crippen molar-refractivity contribution in [1.82, 2.24) is 0 Å². The summed E-state index contributed by atoms with van der Waals surface area (Å²) in [4.78, 5) is 38.2. The van der Waals surface area contributed by atoms with E-state index in [1.165, 1.54) is 211 Å². The lowest BCUT2D eigenvalue weighted by atomic mass is 10.0. The number of carbonyl (C=O) groups is 3. The van der Waals surface area contributed by atoms with E-state index in [-0.39, 0.29) is 0 Å². The number of hydrogen-bond donors (Lipinski definition) is 3. The van der Waals surface area contributed by atoms with Crippen LogP contribution in [0.5, 0.6) is 0 Å². The fourth-order valence-corrected chi connectivity index (χ4v) is 8.27. The van der Waals surface area contributed by atoms with E-state index in [2.05, 4.69) is 20.8 Å². The number of allylic oxidation sites excluding steroid dienone is 3. The SMILES string of the molecule is CCCCCCCCCCCCCCC/C=C(\O)C(=O)OCC(COC(=O)/C(O)=C/CCCCCCCCCCCCCCC)OC(=O)/C(O)=C/CCCCCCCCCCCCCCC. The van der Waals surface area contributed by atoms with Gasteiger partial charge < -0.3 is 29.5 Å². The van der Waals surface area contributed by atoms with Gasteiger partial charge in [-0.3, -0.25) is 0 Å². The smallest absolute Gasteiger partial charge is 0.373 e. The van der Waals surface area contributed by atoms with Gasteiger partial charge in [0.2, 0.25) is 0 Å². The molecule has 0 aromatic carbocycles. The van der Waals surface area contributed by atoms with Gasteiger partial charge in [-0.05, 0) is 56.8 Å². The highest BCUT2D eigenvalue weighted by Crippen LogP contribution is 2.17. The third-order valence-electron chi connectivity index (χ3n) is 12.6. The van der Waals surface area contributed by atoms with Crippen LogP contribution in [0.15, 0.2) is 35.5 Å². The van der Waals surface area contributed by atoms with E-state index < -0.39 is 54.5 Å². The normalized spacial score (nSPS) is 12.7. The minimum absolute atomic E-state index is 0.503. The van der Waals surface area contributed by atoms with Crippen molar-refractivity contribution in [2.75, 3.05) is 13.2 Å². The highest BCUT2D eigenvalue weighted by molar-refractivity contribution is 5.87. The van der Waals surface area contributed by atoms with E-state index in [0.29, 0.717) is 19.3 Å². The van der Waals surface area contributed by atoms with Gasteiger partial charge in [0.1, 0.15) is 13.2 Å². The van der Waals surface area contributed by atoms with Crippen LogP contribution in [0.25, 0.3) is 0 Å². The maximum Gasteiger partial charge on any atom is 0.373 e. The molecule has 0 aliphatic rings. The molecule has 0 saturated carbocycles. The lowest BCUT2D eigenvalue weighted by Crippen LogP contribution is -2.32. The average Bonchev–Trinajstić information content (AvgIpc) is 3.32. The van der Waals surface area contributed by atoms with Gasteiger partial charge in [0.25, 0.3) is 0 Å². The number of hydrogen-bond acceptors (Lipinski definition) is 9. The highest BCUT2D eigenvalue weighted by Gasteiger charge is 2.23. The molecule has 9 nitrogen and oxygen atoms in total. The van der Waals surface area contributed by atoms with Gasteiger partial charge in [0.15, 0.2) is 23.4 Å². The zero-order valence-corrected chi connectivity index (χ0v) is 43.2. The van der Waals surface area contributed by atoms with Crippen LogP contribution in [0.2, 0.25) is 0 Å². The summed E-state index contributed by atoms with van der Waals surface area (Å²) in [6.07, 6.45) is 52.5. The van der Waals surface area contributed by atoms with E-state index in [9.17, 15) is 29.7 Å². The van der Waals surface area contributed by atoms with Crippen molar-refractivity contribution >= 4 is 17.9 Å². The highest BCUT2D eigenvalue weighted by atomic mass is 16.6. The number of rotatable bonds is 50. The van der Waals surface area contributed by atoms with Gasteiger partial charge in [-0.2, -0.15) is 0 Å². The Bertz CT molecular complexity index is 1150. The van der Waals surface area contributed by atoms with Crippen LogP contribution in [-0.2, 0) is 28.6 Å². The van der Waals surface area contributed by atoms with E-state index >= 15 is 0 Å². The molecule has 0 aromatic rings. The Hall–Kier alpha value is -2.97. The van der Waals surface area contributed by atoms with Crippen molar-refractivity contribution in [3.05, 3.63) is 35.5 Å². The zero-order valence-electron chi connectivity index (χ0n) is 43.2. The molecule has 0 saturated heterocycles. The quantitative estimate of drug-likeness (QED) is 0.0179. The lowest BCUT2D eigenvalue weighted by Gasteiger charge is -2.18. The molecule has 0 unspecified atom stereocenters. The maximum absolute atomic E-state index is 12.9. The molecule has 0 rings (SSSR count). The maximum atomic E-state index is 12.9. The molecule has 0 radical (unpaired) electrons. The lowest BCUT2D eigenvalue weighted by molar-refractivity contribution is -0.164. The number of aliphatic hydroxyl groups excluding tert-OH is 3. The summed E-state index contributed by atoms with van der Waals surface area (Å²) in [6, 6.07) is 0. The summed E-state index contributed by atoms with van der Waals surface area (Å²) < 4.78 is 15.9. The first-order chi connectivity index (χ1) is 32.3. The Balaban J connectivity index is 4.80. The van der Waals surface area contributed by atoms with E-state index in [1.54, 1.807) is 0 Å². The van der Waals surface area contributed by atoms with Gasteiger partial charge in [-0.25, -0.2) is 14.4 Å². The van der Waals surface area contributed by atoms with E-state index in [0.717, 1.165) is 57.8 Å². The molecule has 0 aliphatic carbocycles. The van der Waals surface area contributed by atoms with Crippen molar-refractivity contribution in [3.63, 3.8) is 0 Å². The predicted octanol–water partition coefficient (Wildman–Crippen LogP) is 17.8. The van der Waals surface area contributed by atoms with Crippen molar-refractivity contribution in [2.24, 2.45) is 0 Å². The molecule has 9 heteroatoms. The molecule has 0 spiro atoms. The molecule has 0 amide bonds. The number of aliphatic hydroxyl groups is 3. The summed E-state index contributed by atoms with van der Waals surface area (Å²) in [7, 11) is 0. The minimum Gasteiger partial charge on any atom is -0.502 e. The second-order valence-electron chi connectivity index (χ2n) is 19.1. The van der Waals surface area contributed by atoms with Gasteiger partial charge in [-0.15, -0.1) is 0 Å². The Kier molecular flexibility index (Phi) is 47.7. The first-order valence-corrected chi connectivity index (χ1v) is 28.0. The first-order valence-electron chi connectivity index (χ1n) is 28.0. The van der Waals surface area contributed by atoms with Crippen molar-refractivity contribution in [3.8, 4) is 0 Å². The van der Waals surface area contributed by atoms with Crippen molar-refractivity contribution < 1.29 is 43.9 Å². The zero-order chi connectivity index (χ0) is 48.4. The molecule has 66 heavy (non-hydrogen) atoms. The van der Waals surface area contributed by atoms with Crippen LogP contribution in [0.3, 0.4) is 0 Å². The second kappa shape index (κ2) is 49.9. The number of ether oxygens (including phenoxy) is 3. The Labute approximate surface area is 405 Å². The van der Waals surface area contributed by atoms with Gasteiger partial charge in [0.05, 0.1) is 0 Å². The number of carbonyl (C=O) groups excluding carboxylic acids is 3. The second-order valence-corrected chi connectivity index (χ2v) is 19.1. The number of unbranched alkanes of at least 4 members (excludes halogenated alkanes) is 39. The summed E-state index contributed by atoms with van der Waals surface area (Å²) in [6.45, 7) is 5.69. The molecule has 0 atom stereocenters. The Morgan fingerprint density at radius 3 is 0.742 bits per heavy atom. The van der Waals surface area contributed by atoms with Crippen LogP contribution in [0.1, 0.15) is 290 Å². The molecule has 0 fully saturated rings. The van der Waals surface area contributed by atoms with Crippen LogP contribution in [-0.4, -0.2) is 52.5 Å². The molecule has 0 aliphatic heterocycles. The monoisotopic (exact) mass is 933 g/mol. The third kappa shape index (κ3) is 43.6. The Morgan fingerprint density at radius 1 is 0.318 bits per heavy atom. The Morgan fingerprint density at radius 2 is 0.515 bits per heavy atom. The molecule has 0 heterocycles. The number of esters is 3. The van der Waals surface area contributed by atoms with Crippen molar-refractivity contribution in [2.45, 2.75) is 297 Å². The minimum atomic E-state index is -1.28. The van der Waals surface area contributed by atoms with Crippen LogP contribution in [0, 0.1) is 0 Å². The average molecular weight is 933 g/mol. The summed E-state index contributed by atoms with van der Waals surface area (Å²) >= 11 is 0. The van der Waals surface area contributed by atoms with Gasteiger partial charge >= 0.3 is 17.9 Å². The van der Waals surface area contributed by atoms with Crippen LogP contribution in [0.4, 0.5) is 0 Å². The topological polar surface area (TPSA) is 140 Å². The van der Waals surface area contributed by atoms with Crippen LogP contribution >= 0.6 is 0 Å². The van der Waals surface area contributed by atoms with E-state index in [4.69, 9.17) is 14.2 Å². The van der Waals surface area contributed by atoms with E-state index in [1.807, 2.05) is 0 Å². The standard InChI is InChI=1S/C57H104O9/c1-4-7-10-13-16-19-22-25-28-31-34-37-40-43-46-52(58)55(61)64-49-51(66-57(63)54(60)48-45-42-39-36-33-30-27-24-21-18-15-12-9-6-3)50-65-56(62)53(59)47-44-41-38-35-32-29-26-23-20-17-14-11-8-5-2/h46-48,51,58-60H,4-45,49-50H2,1-3H3/b52-46-,53-47-,54-48-. The fourth-order valence-electron chi connectivity index (χ4n) is 8.27. The first kappa shape index (κ1) is 63.0. The third-order valence-corrected chi connectivity index (χ3v) is 12.6. The summed E-state index contributed by atoms with van der Waals surface area (Å²) in [5.41, 5.74) is 0. The fraction of sp³-hybridized carbons (Fsp3) is 0.842. The van der Waals surface area contributed by atoms with Crippen molar-refractivity contribution in [1.29, 1.82) is 0 Å². The molecular formula is C57H104O9. The molecule has 3 N–H and O–H groups in total. The summed E-state index contributed by atoms with van der Waals surface area (Å²) in [5.74, 6) is -4.65.